The van der Waals surface area contributed by atoms with Gasteiger partial charge in [-0.25, -0.2) is 4.90 Å². The summed E-state index contributed by atoms with van der Waals surface area (Å²) in [5.41, 5.74) is 2.27. The van der Waals surface area contributed by atoms with Gasteiger partial charge in [-0.1, -0.05) is 52.3 Å². The molecule has 2 aromatic carbocycles. The Morgan fingerprint density at radius 3 is 2.73 bits per heavy atom. The van der Waals surface area contributed by atoms with Crippen molar-refractivity contribution in [1.82, 2.24) is 15.1 Å². The van der Waals surface area contributed by atoms with E-state index in [1.54, 1.807) is 24.3 Å². The summed E-state index contributed by atoms with van der Waals surface area (Å²) in [6.07, 6.45) is 0. The van der Waals surface area contributed by atoms with Crippen molar-refractivity contribution in [1.29, 1.82) is 0 Å². The van der Waals surface area contributed by atoms with E-state index < -0.39 is 23.9 Å². The molecule has 10 heteroatoms. The van der Waals surface area contributed by atoms with Crippen molar-refractivity contribution in [2.24, 2.45) is 10.3 Å². The van der Waals surface area contributed by atoms with Gasteiger partial charge in [-0.3, -0.25) is 14.6 Å². The van der Waals surface area contributed by atoms with Gasteiger partial charge in [0.25, 0.3) is 11.8 Å². The molecule has 0 N–H and O–H groups in total. The van der Waals surface area contributed by atoms with Crippen molar-refractivity contribution in [3.63, 3.8) is 0 Å². The standard InChI is InChI=1S/C20H15ClN6O3/c1-11-5-2-3-8-14(11)18-22-15(30-24-18)10-26-17-16(23-25-26)19(28)27(20(17)29)13-7-4-6-12(21)9-13/h2-9,16-17H,10H2,1H3/t16-,17+/m0/s1. The van der Waals surface area contributed by atoms with Gasteiger partial charge in [0.2, 0.25) is 11.7 Å². The number of carbonyl (C=O) groups excluding carboxylic acids is 2. The largest absolute Gasteiger partial charge is 0.337 e. The number of anilines is 1. The Kier molecular flexibility index (Phi) is 4.32. The number of aryl methyl sites for hydroxylation is 1. The highest BCUT2D eigenvalue weighted by Crippen LogP contribution is 2.33. The van der Waals surface area contributed by atoms with E-state index in [0.29, 0.717) is 16.5 Å². The van der Waals surface area contributed by atoms with E-state index >= 15 is 0 Å². The highest BCUT2D eigenvalue weighted by atomic mass is 35.5. The summed E-state index contributed by atoms with van der Waals surface area (Å²) in [5.74, 6) is -0.139. The number of carbonyl (C=O) groups is 2. The second-order valence-corrected chi connectivity index (χ2v) is 7.45. The molecule has 1 aromatic heterocycles. The van der Waals surface area contributed by atoms with Crippen LogP contribution >= 0.6 is 11.6 Å². The van der Waals surface area contributed by atoms with Crippen LogP contribution in [0.3, 0.4) is 0 Å². The molecular formula is C20H15ClN6O3. The zero-order chi connectivity index (χ0) is 20.8. The number of aromatic nitrogens is 2. The monoisotopic (exact) mass is 422 g/mol. The molecule has 0 radical (unpaired) electrons. The number of hydrogen-bond donors (Lipinski definition) is 0. The molecule has 150 valence electrons. The fourth-order valence-corrected chi connectivity index (χ4v) is 3.80. The predicted octanol–water partition coefficient (Wildman–Crippen LogP) is 3.19. The third-order valence-corrected chi connectivity index (χ3v) is 5.31. The molecule has 0 saturated carbocycles. The molecule has 1 fully saturated rings. The fraction of sp³-hybridized carbons (Fsp3) is 0.200. The van der Waals surface area contributed by atoms with Gasteiger partial charge in [-0.15, -0.1) is 0 Å². The van der Waals surface area contributed by atoms with Crippen molar-refractivity contribution in [3.8, 4) is 11.4 Å². The Bertz CT molecular complexity index is 1190. The minimum absolute atomic E-state index is 0.0615. The SMILES string of the molecule is Cc1ccccc1-c1noc(CN2N=N[C@@H]3C(=O)N(c4cccc(Cl)c4)C(=O)[C@@H]32)n1. The summed E-state index contributed by atoms with van der Waals surface area (Å²) in [6, 6.07) is 12.5. The molecule has 0 spiro atoms. The molecule has 2 atom stereocenters. The lowest BCUT2D eigenvalue weighted by molar-refractivity contribution is -0.123. The fourth-order valence-electron chi connectivity index (χ4n) is 3.61. The number of nitrogens with zero attached hydrogens (tertiary/aromatic N) is 6. The van der Waals surface area contributed by atoms with Crippen LogP contribution in [0.15, 0.2) is 63.4 Å². The Hall–Kier alpha value is -3.59. The summed E-state index contributed by atoms with van der Waals surface area (Å²) < 4.78 is 5.34. The highest BCUT2D eigenvalue weighted by Gasteiger charge is 2.55. The molecule has 5 rings (SSSR count). The minimum Gasteiger partial charge on any atom is -0.337 e. The van der Waals surface area contributed by atoms with Gasteiger partial charge in [0.15, 0.2) is 12.1 Å². The van der Waals surface area contributed by atoms with E-state index in [0.717, 1.165) is 16.0 Å². The average molecular weight is 423 g/mol. The first-order valence-corrected chi connectivity index (χ1v) is 9.60. The van der Waals surface area contributed by atoms with Crippen molar-refractivity contribution in [2.75, 3.05) is 4.90 Å². The zero-order valence-corrected chi connectivity index (χ0v) is 16.5. The van der Waals surface area contributed by atoms with Gasteiger partial charge in [0.1, 0.15) is 6.54 Å². The van der Waals surface area contributed by atoms with Crippen LogP contribution < -0.4 is 4.90 Å². The van der Waals surface area contributed by atoms with Gasteiger partial charge in [0, 0.05) is 10.6 Å². The Morgan fingerprint density at radius 2 is 1.93 bits per heavy atom. The maximum Gasteiger partial charge on any atom is 0.263 e. The van der Waals surface area contributed by atoms with Crippen LogP contribution in [0.2, 0.25) is 5.02 Å². The minimum atomic E-state index is -0.907. The van der Waals surface area contributed by atoms with E-state index in [4.69, 9.17) is 16.1 Å². The van der Waals surface area contributed by atoms with Crippen LogP contribution in [0.25, 0.3) is 11.4 Å². The lowest BCUT2D eigenvalue weighted by atomic mass is 10.1. The van der Waals surface area contributed by atoms with Crippen LogP contribution in [-0.2, 0) is 16.1 Å². The van der Waals surface area contributed by atoms with Crippen LogP contribution in [0.4, 0.5) is 5.69 Å². The van der Waals surface area contributed by atoms with Crippen molar-refractivity contribution < 1.29 is 14.1 Å². The first-order chi connectivity index (χ1) is 14.5. The lowest BCUT2D eigenvalue weighted by Gasteiger charge is -2.19. The van der Waals surface area contributed by atoms with Crippen LogP contribution in [-0.4, -0.2) is 39.0 Å². The number of rotatable bonds is 4. The second-order valence-electron chi connectivity index (χ2n) is 7.01. The molecule has 3 heterocycles. The molecule has 3 aromatic rings. The molecule has 30 heavy (non-hydrogen) atoms. The van der Waals surface area contributed by atoms with Crippen LogP contribution in [0.5, 0.6) is 0 Å². The van der Waals surface area contributed by atoms with Gasteiger partial charge in [0.05, 0.1) is 5.69 Å². The quantitative estimate of drug-likeness (QED) is 0.598. The first kappa shape index (κ1) is 18.4. The molecular weight excluding hydrogens is 408 g/mol. The van der Waals surface area contributed by atoms with E-state index in [1.165, 1.54) is 5.01 Å². The Morgan fingerprint density at radius 1 is 1.10 bits per heavy atom. The van der Waals surface area contributed by atoms with E-state index in [9.17, 15) is 9.59 Å². The number of benzene rings is 2. The molecule has 1 saturated heterocycles. The number of amides is 2. The van der Waals surface area contributed by atoms with Crippen LogP contribution in [0, 0.1) is 6.92 Å². The van der Waals surface area contributed by atoms with Crippen LogP contribution in [0.1, 0.15) is 11.5 Å². The van der Waals surface area contributed by atoms with E-state index in [1.807, 2.05) is 31.2 Å². The topological polar surface area (TPSA) is 104 Å². The number of fused-ring (bicyclic) bond motifs is 1. The molecule has 0 bridgehead atoms. The average Bonchev–Trinajstić information content (AvgIpc) is 3.41. The summed E-state index contributed by atoms with van der Waals surface area (Å²) in [6.45, 7) is 2.02. The summed E-state index contributed by atoms with van der Waals surface area (Å²) in [7, 11) is 0. The van der Waals surface area contributed by atoms with Crippen molar-refractivity contribution >= 4 is 29.1 Å². The van der Waals surface area contributed by atoms with E-state index in [-0.39, 0.29) is 12.4 Å². The normalized spacial score (nSPS) is 20.3. The van der Waals surface area contributed by atoms with Crippen molar-refractivity contribution in [3.05, 3.63) is 65.0 Å². The summed E-state index contributed by atoms with van der Waals surface area (Å²) >= 11 is 6.01. The third kappa shape index (κ3) is 2.94. The number of hydrogen-bond acceptors (Lipinski definition) is 8. The smallest absolute Gasteiger partial charge is 0.263 e. The second kappa shape index (κ2) is 7.03. The Labute approximate surface area is 175 Å². The molecule has 2 aliphatic heterocycles. The maximum absolute atomic E-state index is 13.0. The van der Waals surface area contributed by atoms with Gasteiger partial charge >= 0.3 is 0 Å². The van der Waals surface area contributed by atoms with Gasteiger partial charge in [-0.2, -0.15) is 10.1 Å². The summed E-state index contributed by atoms with van der Waals surface area (Å²) in [4.78, 5) is 31.3. The summed E-state index contributed by atoms with van der Waals surface area (Å²) in [5, 5.41) is 13.9. The maximum atomic E-state index is 13.0. The lowest BCUT2D eigenvalue weighted by Crippen LogP contribution is -2.39. The number of imide groups is 1. The van der Waals surface area contributed by atoms with Gasteiger partial charge < -0.3 is 4.52 Å². The van der Waals surface area contributed by atoms with Gasteiger partial charge in [-0.05, 0) is 30.7 Å². The molecule has 2 amide bonds. The molecule has 2 aliphatic rings. The Balaban J connectivity index is 1.38. The molecule has 0 unspecified atom stereocenters. The number of halogens is 1. The highest BCUT2D eigenvalue weighted by molar-refractivity contribution is 6.31. The first-order valence-electron chi connectivity index (χ1n) is 9.22. The van der Waals surface area contributed by atoms with E-state index in [2.05, 4.69) is 20.5 Å². The third-order valence-electron chi connectivity index (χ3n) is 5.08. The molecule has 0 aliphatic carbocycles. The van der Waals surface area contributed by atoms with Crippen molar-refractivity contribution in [2.45, 2.75) is 25.6 Å². The zero-order valence-electron chi connectivity index (χ0n) is 15.8. The molecule has 9 nitrogen and oxygen atoms in total. The predicted molar refractivity (Wildman–Crippen MR) is 106 cm³/mol.